The zero-order valence-electron chi connectivity index (χ0n) is 12.9. The van der Waals surface area contributed by atoms with Crippen LogP contribution >= 0.6 is 0 Å². The molecule has 0 bridgehead atoms. The zero-order valence-corrected chi connectivity index (χ0v) is 19.5. The van der Waals surface area contributed by atoms with Crippen molar-refractivity contribution in [1.29, 1.82) is 0 Å². The molecular formula is C11H4Ca3O12. The number of rotatable bonds is 6. The second-order valence-corrected chi connectivity index (χ2v) is 4.86. The van der Waals surface area contributed by atoms with Crippen LogP contribution in [-0.4, -0.2) is 149 Å². The van der Waals surface area contributed by atoms with Crippen LogP contribution in [0.25, 0.3) is 0 Å². The Bertz CT molecular complexity index is 562. The number of aliphatic carboxylic acids is 6. The second-order valence-electron chi connectivity index (χ2n) is 4.86. The minimum absolute atomic E-state index is 0. The van der Waals surface area contributed by atoms with Crippen molar-refractivity contribution in [3.05, 3.63) is 0 Å². The summed E-state index contributed by atoms with van der Waals surface area (Å²) in [4.78, 5) is 66.6. The molecule has 2 unspecified atom stereocenters. The summed E-state index contributed by atoms with van der Waals surface area (Å²) in [5.74, 6) is -22.8. The van der Waals surface area contributed by atoms with Gasteiger partial charge in [-0.15, -0.1) is 0 Å². The Balaban J connectivity index is -0.00000176. The summed E-state index contributed by atoms with van der Waals surface area (Å²) >= 11 is 0. The first kappa shape index (κ1) is 31.3. The van der Waals surface area contributed by atoms with Crippen LogP contribution in [0.4, 0.5) is 0 Å². The molecule has 0 amide bonds. The molecule has 0 aliphatic heterocycles. The van der Waals surface area contributed by atoms with Crippen LogP contribution in [0, 0.1) is 22.7 Å². The molecule has 1 fully saturated rings. The Morgan fingerprint density at radius 1 is 0.538 bits per heavy atom. The Kier molecular flexibility index (Phi) is 13.2. The average molecular weight is 448 g/mol. The van der Waals surface area contributed by atoms with E-state index in [-0.39, 0.29) is 113 Å². The Hall–Kier alpha value is 0.599. The Labute approximate surface area is 233 Å². The summed E-state index contributed by atoms with van der Waals surface area (Å²) in [5.41, 5.74) is -7.66. The van der Waals surface area contributed by atoms with Gasteiger partial charge in [0.05, 0.1) is 34.7 Å². The summed E-state index contributed by atoms with van der Waals surface area (Å²) in [5, 5.41) is 66.6. The molecule has 26 heavy (non-hydrogen) atoms. The van der Waals surface area contributed by atoms with Crippen molar-refractivity contribution in [3.8, 4) is 0 Å². The van der Waals surface area contributed by atoms with Gasteiger partial charge in [-0.2, -0.15) is 0 Å². The summed E-state index contributed by atoms with van der Waals surface area (Å²) in [6, 6.07) is 0. The predicted molar refractivity (Wildman–Crippen MR) is 63.8 cm³/mol. The van der Waals surface area contributed by atoms with Crippen LogP contribution in [0.3, 0.4) is 0 Å². The number of hydrogen-bond donors (Lipinski definition) is 0. The van der Waals surface area contributed by atoms with Crippen LogP contribution in [0.15, 0.2) is 0 Å². The maximum Gasteiger partial charge on any atom is 2.00 e. The maximum atomic E-state index is 11.1. The third-order valence-corrected chi connectivity index (χ3v) is 3.92. The van der Waals surface area contributed by atoms with E-state index >= 15 is 0 Å². The second kappa shape index (κ2) is 11.0. The minimum Gasteiger partial charge on any atom is -0.550 e. The van der Waals surface area contributed by atoms with Gasteiger partial charge in [0.2, 0.25) is 0 Å². The van der Waals surface area contributed by atoms with E-state index in [1.807, 2.05) is 0 Å². The first-order chi connectivity index (χ1) is 10.4. The molecule has 0 radical (unpaired) electrons. The fourth-order valence-electron chi connectivity index (χ4n) is 2.87. The number of carboxylic acid groups (broad SMARTS) is 6. The molecular weight excluding hydrogens is 444 g/mol. The standard InChI is InChI=1S/C11H10O12.3Ca/c12-4(13)2-3(5(14)15)11(8(20)21,9(22)23)1-10(2,6(16)17)7(18)19;;;/h2-3H,1H2,(H,12,13)(H,14,15)(H,16,17)(H,18,19)(H,20,21)(H,22,23);;;/q;3*+2/p-6. The smallest absolute Gasteiger partial charge is 0.550 e. The van der Waals surface area contributed by atoms with Gasteiger partial charge in [-0.05, 0) is 6.42 Å². The molecule has 1 aliphatic carbocycles. The number of hydrogen-bond acceptors (Lipinski definition) is 12. The van der Waals surface area contributed by atoms with E-state index < -0.39 is 64.9 Å². The molecule has 0 saturated heterocycles. The van der Waals surface area contributed by atoms with Crippen molar-refractivity contribution < 1.29 is 59.4 Å². The van der Waals surface area contributed by atoms with Crippen LogP contribution in [0.2, 0.25) is 0 Å². The van der Waals surface area contributed by atoms with Gasteiger partial charge in [0.1, 0.15) is 0 Å². The van der Waals surface area contributed by atoms with Gasteiger partial charge in [-0.25, -0.2) is 0 Å². The van der Waals surface area contributed by atoms with E-state index in [4.69, 9.17) is 0 Å². The fourth-order valence-corrected chi connectivity index (χ4v) is 2.87. The Morgan fingerprint density at radius 2 is 0.731 bits per heavy atom. The molecule has 1 rings (SSSR count). The van der Waals surface area contributed by atoms with E-state index in [0.29, 0.717) is 0 Å². The van der Waals surface area contributed by atoms with Crippen molar-refractivity contribution in [2.24, 2.45) is 22.7 Å². The third kappa shape index (κ3) is 4.60. The predicted octanol–water partition coefficient (Wildman–Crippen LogP) is -11.0. The fraction of sp³-hybridized carbons (Fsp3) is 0.455. The molecule has 0 aromatic carbocycles. The van der Waals surface area contributed by atoms with Crippen molar-refractivity contribution >= 4 is 149 Å². The summed E-state index contributed by atoms with van der Waals surface area (Å²) in [6.07, 6.45) is -2.06. The first-order valence-electron chi connectivity index (χ1n) is 5.64. The molecule has 0 heterocycles. The van der Waals surface area contributed by atoms with E-state index in [0.717, 1.165) is 0 Å². The van der Waals surface area contributed by atoms with Crippen molar-refractivity contribution in [3.63, 3.8) is 0 Å². The van der Waals surface area contributed by atoms with Gasteiger partial charge in [0.25, 0.3) is 0 Å². The molecule has 1 saturated carbocycles. The van der Waals surface area contributed by atoms with Crippen LogP contribution in [0.1, 0.15) is 6.42 Å². The third-order valence-electron chi connectivity index (χ3n) is 3.92. The van der Waals surface area contributed by atoms with Crippen LogP contribution < -0.4 is 30.6 Å². The number of carbonyl (C=O) groups is 6. The van der Waals surface area contributed by atoms with Crippen molar-refractivity contribution in [2.75, 3.05) is 0 Å². The molecule has 126 valence electrons. The molecule has 0 N–H and O–H groups in total. The molecule has 0 aromatic rings. The average Bonchev–Trinajstić information content (AvgIpc) is 2.72. The normalized spacial score (nSPS) is 21.7. The minimum atomic E-state index is -3.83. The molecule has 0 spiro atoms. The zero-order chi connectivity index (χ0) is 18.3. The summed E-state index contributed by atoms with van der Waals surface area (Å²) in [6.45, 7) is 0. The molecule has 2 atom stereocenters. The van der Waals surface area contributed by atoms with Crippen LogP contribution in [-0.2, 0) is 28.8 Å². The van der Waals surface area contributed by atoms with Gasteiger partial charge in [0.15, 0.2) is 0 Å². The van der Waals surface area contributed by atoms with E-state index in [1.54, 1.807) is 0 Å². The van der Waals surface area contributed by atoms with Crippen LogP contribution in [0.5, 0.6) is 0 Å². The summed E-state index contributed by atoms with van der Waals surface area (Å²) < 4.78 is 0. The number of carbonyl (C=O) groups excluding carboxylic acids is 6. The maximum absolute atomic E-state index is 11.1. The van der Waals surface area contributed by atoms with Gasteiger partial charge in [-0.1, -0.05) is 0 Å². The van der Waals surface area contributed by atoms with E-state index in [2.05, 4.69) is 0 Å². The SMILES string of the molecule is O=C([O-])C1C(C(=O)[O-])C(C(=O)[O-])(C(=O)[O-])CC1(C(=O)[O-])C(=O)[O-].[Ca+2].[Ca+2].[Ca+2]. The monoisotopic (exact) mass is 448 g/mol. The van der Waals surface area contributed by atoms with Gasteiger partial charge >= 0.3 is 113 Å². The topological polar surface area (TPSA) is 241 Å². The van der Waals surface area contributed by atoms with Gasteiger partial charge in [-0.3, -0.25) is 0 Å². The summed E-state index contributed by atoms with van der Waals surface area (Å²) in [7, 11) is 0. The first-order valence-corrected chi connectivity index (χ1v) is 5.64. The van der Waals surface area contributed by atoms with Crippen molar-refractivity contribution in [1.82, 2.24) is 0 Å². The molecule has 1 aliphatic rings. The van der Waals surface area contributed by atoms with E-state index in [9.17, 15) is 59.4 Å². The van der Waals surface area contributed by atoms with E-state index in [1.165, 1.54) is 0 Å². The van der Waals surface area contributed by atoms with Crippen molar-refractivity contribution in [2.45, 2.75) is 6.42 Å². The Morgan fingerprint density at radius 3 is 0.846 bits per heavy atom. The quantitative estimate of drug-likeness (QED) is 0.272. The molecule has 15 heteroatoms. The largest absolute Gasteiger partial charge is 2.00 e. The van der Waals surface area contributed by atoms with Gasteiger partial charge < -0.3 is 59.4 Å². The molecule has 0 aromatic heterocycles. The molecule has 12 nitrogen and oxygen atoms in total. The number of carboxylic acids is 6. The van der Waals surface area contributed by atoms with Gasteiger partial charge in [0, 0.05) is 23.8 Å².